The smallest absolute Gasteiger partial charge is 0.0704 e. The Hall–Kier alpha value is -0.160. The van der Waals surface area contributed by atoms with Gasteiger partial charge < -0.3 is 4.90 Å². The first-order valence-electron chi connectivity index (χ1n) is 5.85. The quantitative estimate of drug-likeness (QED) is 0.677. The van der Waals surface area contributed by atoms with Crippen LogP contribution in [-0.4, -0.2) is 18.5 Å². The van der Waals surface area contributed by atoms with E-state index in [0.29, 0.717) is 5.92 Å². The highest BCUT2D eigenvalue weighted by Crippen LogP contribution is 2.39. The zero-order valence-electron chi connectivity index (χ0n) is 9.99. The average Bonchev–Trinajstić information content (AvgIpc) is 2.69. The van der Waals surface area contributed by atoms with Crippen molar-refractivity contribution in [1.82, 2.24) is 4.90 Å². The Morgan fingerprint density at radius 2 is 1.94 bits per heavy atom. The minimum Gasteiger partial charge on any atom is -0.300 e. The monoisotopic (exact) mass is 385 g/mol. The molecule has 1 aliphatic heterocycles. The molecule has 0 spiro atoms. The molecule has 0 N–H and O–H groups in total. The van der Waals surface area contributed by atoms with Gasteiger partial charge in [-0.2, -0.15) is 0 Å². The Kier molecular flexibility index (Phi) is 3.63. The zero-order chi connectivity index (χ0) is 12.7. The standard InChI is InChI=1S/C14H13Br2NS/c1-17-7-12(9-2-4-10(15)5-3-9)11-6-14(16)18-13(11)8-17/h2-6,12H,7-8H2,1H3/t12-/m1/s1. The summed E-state index contributed by atoms with van der Waals surface area (Å²) in [4.78, 5) is 3.89. The van der Waals surface area contributed by atoms with E-state index in [4.69, 9.17) is 0 Å². The van der Waals surface area contributed by atoms with Gasteiger partial charge in [-0.05, 0) is 52.3 Å². The second kappa shape index (κ2) is 5.08. The van der Waals surface area contributed by atoms with Crippen LogP contribution in [0.25, 0.3) is 0 Å². The van der Waals surface area contributed by atoms with E-state index in [2.05, 4.69) is 74.1 Å². The Bertz CT molecular complexity index is 562. The summed E-state index contributed by atoms with van der Waals surface area (Å²) in [6.07, 6.45) is 0. The van der Waals surface area contributed by atoms with Gasteiger partial charge in [0.15, 0.2) is 0 Å². The number of fused-ring (bicyclic) bond motifs is 1. The van der Waals surface area contributed by atoms with E-state index in [0.717, 1.165) is 17.6 Å². The highest BCUT2D eigenvalue weighted by atomic mass is 79.9. The fourth-order valence-electron chi connectivity index (χ4n) is 2.53. The predicted molar refractivity (Wildman–Crippen MR) is 84.3 cm³/mol. The van der Waals surface area contributed by atoms with Crippen molar-refractivity contribution in [3.05, 3.63) is 54.6 Å². The van der Waals surface area contributed by atoms with Crippen molar-refractivity contribution in [2.75, 3.05) is 13.6 Å². The predicted octanol–water partition coefficient (Wildman–Crippen LogP) is 4.85. The number of hydrogen-bond donors (Lipinski definition) is 0. The minimum atomic E-state index is 0.495. The summed E-state index contributed by atoms with van der Waals surface area (Å²) in [6.45, 7) is 2.16. The fraction of sp³-hybridized carbons (Fsp3) is 0.286. The van der Waals surface area contributed by atoms with Gasteiger partial charge in [0.1, 0.15) is 0 Å². The summed E-state index contributed by atoms with van der Waals surface area (Å²) >= 11 is 8.98. The van der Waals surface area contributed by atoms with Crippen molar-refractivity contribution in [2.45, 2.75) is 12.5 Å². The van der Waals surface area contributed by atoms with E-state index in [1.165, 1.54) is 19.8 Å². The van der Waals surface area contributed by atoms with Crippen LogP contribution in [0.2, 0.25) is 0 Å². The van der Waals surface area contributed by atoms with Gasteiger partial charge in [-0.1, -0.05) is 28.1 Å². The molecule has 0 saturated heterocycles. The van der Waals surface area contributed by atoms with E-state index < -0.39 is 0 Å². The Morgan fingerprint density at radius 3 is 2.67 bits per heavy atom. The van der Waals surface area contributed by atoms with Crippen molar-refractivity contribution in [3.8, 4) is 0 Å². The molecule has 1 aromatic carbocycles. The molecule has 2 aromatic rings. The lowest BCUT2D eigenvalue weighted by molar-refractivity contribution is 0.299. The summed E-state index contributed by atoms with van der Waals surface area (Å²) in [5, 5.41) is 0. The lowest BCUT2D eigenvalue weighted by Crippen LogP contribution is -2.29. The van der Waals surface area contributed by atoms with Crippen molar-refractivity contribution < 1.29 is 0 Å². The van der Waals surface area contributed by atoms with E-state index in [1.54, 1.807) is 0 Å². The molecule has 18 heavy (non-hydrogen) atoms. The molecule has 0 fully saturated rings. The molecule has 3 rings (SSSR count). The van der Waals surface area contributed by atoms with Gasteiger partial charge in [0, 0.05) is 28.4 Å². The van der Waals surface area contributed by atoms with Crippen LogP contribution in [-0.2, 0) is 6.54 Å². The van der Waals surface area contributed by atoms with E-state index in [9.17, 15) is 0 Å². The molecule has 0 bridgehead atoms. The van der Waals surface area contributed by atoms with Crippen LogP contribution in [0.4, 0.5) is 0 Å². The van der Waals surface area contributed by atoms with Crippen LogP contribution in [0.15, 0.2) is 38.6 Å². The van der Waals surface area contributed by atoms with Crippen LogP contribution < -0.4 is 0 Å². The molecule has 1 nitrogen and oxygen atoms in total. The van der Waals surface area contributed by atoms with Crippen LogP contribution in [0, 0.1) is 0 Å². The largest absolute Gasteiger partial charge is 0.300 e. The average molecular weight is 387 g/mol. The van der Waals surface area contributed by atoms with Gasteiger partial charge in [0.2, 0.25) is 0 Å². The fourth-order valence-corrected chi connectivity index (χ4v) is 4.65. The van der Waals surface area contributed by atoms with Crippen molar-refractivity contribution >= 4 is 43.2 Å². The summed E-state index contributed by atoms with van der Waals surface area (Å²) in [7, 11) is 2.20. The van der Waals surface area contributed by atoms with Crippen LogP contribution in [0.1, 0.15) is 21.9 Å². The second-order valence-electron chi connectivity index (χ2n) is 4.73. The second-order valence-corrected chi connectivity index (χ2v) is 8.16. The maximum atomic E-state index is 3.62. The number of halogens is 2. The summed E-state index contributed by atoms with van der Waals surface area (Å²) < 4.78 is 2.38. The molecule has 4 heteroatoms. The van der Waals surface area contributed by atoms with Crippen molar-refractivity contribution in [1.29, 1.82) is 0 Å². The van der Waals surface area contributed by atoms with Gasteiger partial charge in [0.05, 0.1) is 3.79 Å². The molecule has 1 aliphatic rings. The molecule has 0 unspecified atom stereocenters. The third kappa shape index (κ3) is 2.44. The maximum absolute atomic E-state index is 3.62. The van der Waals surface area contributed by atoms with Crippen LogP contribution >= 0.6 is 43.2 Å². The molecule has 0 radical (unpaired) electrons. The van der Waals surface area contributed by atoms with E-state index >= 15 is 0 Å². The lowest BCUT2D eigenvalue weighted by atomic mass is 9.89. The Labute approximate surface area is 128 Å². The third-order valence-corrected chi connectivity index (χ3v) is 5.53. The topological polar surface area (TPSA) is 3.24 Å². The van der Waals surface area contributed by atoms with Gasteiger partial charge in [-0.25, -0.2) is 0 Å². The molecular weight excluding hydrogens is 374 g/mol. The number of thiophene rings is 1. The number of nitrogens with zero attached hydrogens (tertiary/aromatic N) is 1. The molecule has 1 aromatic heterocycles. The molecule has 0 amide bonds. The molecular formula is C14H13Br2NS. The molecule has 2 heterocycles. The summed E-state index contributed by atoms with van der Waals surface area (Å²) in [5.41, 5.74) is 2.89. The van der Waals surface area contributed by atoms with E-state index in [1.807, 2.05) is 11.3 Å². The molecule has 1 atom stereocenters. The lowest BCUT2D eigenvalue weighted by Gasteiger charge is -2.30. The SMILES string of the molecule is CN1Cc2sc(Br)cc2[C@@H](c2ccc(Br)cc2)C1. The molecule has 94 valence electrons. The Balaban J connectivity index is 2.04. The minimum absolute atomic E-state index is 0.495. The highest BCUT2D eigenvalue weighted by molar-refractivity contribution is 9.11. The molecule has 0 aliphatic carbocycles. The molecule has 0 saturated carbocycles. The number of likely N-dealkylation sites (N-methyl/N-ethyl adjacent to an activating group) is 1. The first-order chi connectivity index (χ1) is 8.63. The van der Waals surface area contributed by atoms with Gasteiger partial charge in [0.25, 0.3) is 0 Å². The number of hydrogen-bond acceptors (Lipinski definition) is 2. The van der Waals surface area contributed by atoms with Crippen molar-refractivity contribution in [3.63, 3.8) is 0 Å². The zero-order valence-corrected chi connectivity index (χ0v) is 14.0. The van der Waals surface area contributed by atoms with Gasteiger partial charge >= 0.3 is 0 Å². The Morgan fingerprint density at radius 1 is 1.22 bits per heavy atom. The number of rotatable bonds is 1. The van der Waals surface area contributed by atoms with Crippen LogP contribution in [0.3, 0.4) is 0 Å². The third-order valence-electron chi connectivity index (χ3n) is 3.37. The summed E-state index contributed by atoms with van der Waals surface area (Å²) in [6, 6.07) is 11.0. The number of benzene rings is 1. The highest BCUT2D eigenvalue weighted by Gasteiger charge is 2.26. The van der Waals surface area contributed by atoms with Crippen molar-refractivity contribution in [2.24, 2.45) is 0 Å². The van der Waals surface area contributed by atoms with Gasteiger partial charge in [-0.15, -0.1) is 11.3 Å². The normalized spacial score (nSPS) is 19.8. The van der Waals surface area contributed by atoms with E-state index in [-0.39, 0.29) is 0 Å². The van der Waals surface area contributed by atoms with Crippen LogP contribution in [0.5, 0.6) is 0 Å². The van der Waals surface area contributed by atoms with Gasteiger partial charge in [-0.3, -0.25) is 0 Å². The first kappa shape index (κ1) is 12.9. The first-order valence-corrected chi connectivity index (χ1v) is 8.26. The maximum Gasteiger partial charge on any atom is 0.0704 e. The summed E-state index contributed by atoms with van der Waals surface area (Å²) in [5.74, 6) is 0.495.